The van der Waals surface area contributed by atoms with Gasteiger partial charge < -0.3 is 4.90 Å². The summed E-state index contributed by atoms with van der Waals surface area (Å²) in [6, 6.07) is 0.558. The van der Waals surface area contributed by atoms with Crippen molar-refractivity contribution >= 4 is 13.7 Å². The average Bonchev–Trinajstić information content (AvgIpc) is 2.31. The first-order valence-electron chi connectivity index (χ1n) is 6.95. The minimum Gasteiger partial charge on any atom is -0.360 e. The normalized spacial score (nSPS) is 31.6. The van der Waals surface area contributed by atoms with Gasteiger partial charge in [-0.1, -0.05) is 38.9 Å². The summed E-state index contributed by atoms with van der Waals surface area (Å²) in [5.74, 6) is 1.83. The van der Waals surface area contributed by atoms with Crippen LogP contribution in [0.3, 0.4) is 0 Å². The minimum atomic E-state index is -0.0482. The monoisotopic (exact) mass is 234 g/mol. The number of nitrogens with zero attached hydrogens (tertiary/aromatic N) is 2. The van der Waals surface area contributed by atoms with E-state index in [2.05, 4.69) is 37.7 Å². The van der Waals surface area contributed by atoms with Crippen LogP contribution in [0.1, 0.15) is 52.9 Å². The third-order valence-corrected chi connectivity index (χ3v) is 4.50. The van der Waals surface area contributed by atoms with E-state index in [0.29, 0.717) is 12.0 Å². The Morgan fingerprint density at radius 3 is 2.59 bits per heavy atom. The summed E-state index contributed by atoms with van der Waals surface area (Å²) in [6.45, 7) is 6.66. The van der Waals surface area contributed by atoms with Gasteiger partial charge in [0, 0.05) is 26.6 Å². The Balaban J connectivity index is 2.91. The lowest BCUT2D eigenvalue weighted by Gasteiger charge is -2.48. The van der Waals surface area contributed by atoms with Gasteiger partial charge in [-0.25, -0.2) is 0 Å². The third-order valence-electron chi connectivity index (χ3n) is 4.50. The van der Waals surface area contributed by atoms with Crippen LogP contribution in [0.5, 0.6) is 0 Å². The molecule has 2 radical (unpaired) electrons. The zero-order chi connectivity index (χ0) is 13.1. The van der Waals surface area contributed by atoms with E-state index in [1.165, 1.54) is 25.1 Å². The number of rotatable bonds is 4. The number of likely N-dealkylation sites (tertiary alicyclic amines) is 1. The van der Waals surface area contributed by atoms with Crippen molar-refractivity contribution in [3.63, 3.8) is 0 Å². The maximum absolute atomic E-state index is 6.49. The molecule has 1 saturated heterocycles. The molecule has 0 amide bonds. The Kier molecular flexibility index (Phi) is 5.09. The lowest BCUT2D eigenvalue weighted by atomic mass is 9.56. The van der Waals surface area contributed by atoms with Gasteiger partial charge >= 0.3 is 0 Å². The lowest BCUT2D eigenvalue weighted by Crippen LogP contribution is -2.49. The fourth-order valence-corrected chi connectivity index (χ4v) is 3.11. The van der Waals surface area contributed by atoms with Gasteiger partial charge in [-0.15, -0.1) is 0 Å². The SMILES string of the molecule is [B]C(C)(CC)C1CCC(=NC)N(C)C1CCC. The highest BCUT2D eigenvalue weighted by atomic mass is 15.2. The van der Waals surface area contributed by atoms with Crippen molar-refractivity contribution in [2.24, 2.45) is 10.9 Å². The molecule has 0 aromatic rings. The molecule has 0 aliphatic carbocycles. The number of amidine groups is 1. The van der Waals surface area contributed by atoms with Crippen molar-refractivity contribution in [1.29, 1.82) is 0 Å². The van der Waals surface area contributed by atoms with Crippen LogP contribution in [0.2, 0.25) is 5.31 Å². The maximum Gasteiger partial charge on any atom is 0.0985 e. The van der Waals surface area contributed by atoms with Crippen molar-refractivity contribution < 1.29 is 0 Å². The maximum atomic E-state index is 6.49. The van der Waals surface area contributed by atoms with Gasteiger partial charge in [0.15, 0.2) is 0 Å². The summed E-state index contributed by atoms with van der Waals surface area (Å²) < 4.78 is 0. The van der Waals surface area contributed by atoms with Crippen LogP contribution in [0.15, 0.2) is 4.99 Å². The second kappa shape index (κ2) is 5.93. The van der Waals surface area contributed by atoms with Gasteiger partial charge in [0.05, 0.1) is 13.7 Å². The minimum absolute atomic E-state index is 0.0482. The molecule has 0 bridgehead atoms. The van der Waals surface area contributed by atoms with Crippen LogP contribution < -0.4 is 0 Å². The highest BCUT2D eigenvalue weighted by Gasteiger charge is 2.39. The Bertz CT molecular complexity index is 273. The largest absolute Gasteiger partial charge is 0.360 e. The van der Waals surface area contributed by atoms with Crippen LogP contribution in [-0.2, 0) is 0 Å². The van der Waals surface area contributed by atoms with E-state index in [-0.39, 0.29) is 5.31 Å². The van der Waals surface area contributed by atoms with Crippen molar-refractivity contribution in [3.05, 3.63) is 0 Å². The molecule has 2 nitrogen and oxygen atoms in total. The van der Waals surface area contributed by atoms with Gasteiger partial charge in [-0.3, -0.25) is 4.99 Å². The summed E-state index contributed by atoms with van der Waals surface area (Å²) in [6.07, 6.45) is 5.73. The highest BCUT2D eigenvalue weighted by molar-refractivity contribution is 6.15. The molecule has 3 heteroatoms. The van der Waals surface area contributed by atoms with Crippen LogP contribution >= 0.6 is 0 Å². The zero-order valence-electron chi connectivity index (χ0n) is 12.2. The summed E-state index contributed by atoms with van der Waals surface area (Å²) in [4.78, 5) is 6.78. The first-order chi connectivity index (χ1) is 7.97. The molecule has 3 atom stereocenters. The van der Waals surface area contributed by atoms with Crippen LogP contribution in [0.25, 0.3) is 0 Å². The van der Waals surface area contributed by atoms with Crippen molar-refractivity contribution in [1.82, 2.24) is 4.90 Å². The van der Waals surface area contributed by atoms with E-state index in [9.17, 15) is 0 Å². The summed E-state index contributed by atoms with van der Waals surface area (Å²) in [5, 5.41) is -0.0482. The molecule has 96 valence electrons. The molecule has 0 aromatic heterocycles. The van der Waals surface area contributed by atoms with E-state index < -0.39 is 0 Å². The molecule has 0 spiro atoms. The van der Waals surface area contributed by atoms with E-state index in [0.717, 1.165) is 12.8 Å². The fraction of sp³-hybridized carbons (Fsp3) is 0.929. The number of aliphatic imine (C=N–C) groups is 1. The number of piperidine rings is 1. The third kappa shape index (κ3) is 3.05. The van der Waals surface area contributed by atoms with Crippen LogP contribution in [0, 0.1) is 5.92 Å². The molecular weight excluding hydrogens is 207 g/mol. The fourth-order valence-electron chi connectivity index (χ4n) is 3.11. The first-order valence-corrected chi connectivity index (χ1v) is 6.95. The van der Waals surface area contributed by atoms with E-state index >= 15 is 0 Å². The molecule has 17 heavy (non-hydrogen) atoms. The topological polar surface area (TPSA) is 15.6 Å². The Hall–Kier alpha value is -0.465. The first kappa shape index (κ1) is 14.6. The van der Waals surface area contributed by atoms with Crippen molar-refractivity contribution in [3.8, 4) is 0 Å². The lowest BCUT2D eigenvalue weighted by molar-refractivity contribution is 0.159. The van der Waals surface area contributed by atoms with E-state index in [1.807, 2.05) is 7.05 Å². The van der Waals surface area contributed by atoms with Gasteiger partial charge in [0.1, 0.15) is 0 Å². The second-order valence-electron chi connectivity index (χ2n) is 5.61. The Labute approximate surface area is 108 Å². The Morgan fingerprint density at radius 1 is 1.47 bits per heavy atom. The van der Waals surface area contributed by atoms with Crippen molar-refractivity contribution in [2.45, 2.75) is 64.2 Å². The smallest absolute Gasteiger partial charge is 0.0985 e. The summed E-state index contributed by atoms with van der Waals surface area (Å²) >= 11 is 0. The molecule has 1 aliphatic rings. The summed E-state index contributed by atoms with van der Waals surface area (Å²) in [5.41, 5.74) is 0. The number of hydrogen-bond acceptors (Lipinski definition) is 1. The van der Waals surface area contributed by atoms with Gasteiger partial charge in [-0.2, -0.15) is 0 Å². The molecule has 0 aromatic carbocycles. The Morgan fingerprint density at radius 2 is 2.12 bits per heavy atom. The van der Waals surface area contributed by atoms with Gasteiger partial charge in [0.2, 0.25) is 0 Å². The van der Waals surface area contributed by atoms with E-state index in [1.54, 1.807) is 0 Å². The molecule has 0 N–H and O–H groups in total. The van der Waals surface area contributed by atoms with Crippen LogP contribution in [-0.4, -0.2) is 38.7 Å². The quantitative estimate of drug-likeness (QED) is 0.681. The predicted octanol–water partition coefficient (Wildman–Crippen LogP) is 3.28. The zero-order valence-corrected chi connectivity index (χ0v) is 12.2. The molecule has 0 saturated carbocycles. The standard InChI is InChI=1S/C14H27BN2/c1-6-8-12-11(14(3,15)7-2)9-10-13(16-4)17(12)5/h11-12H,6-10H2,1-5H3. The molecule has 1 fully saturated rings. The van der Waals surface area contributed by atoms with Crippen molar-refractivity contribution in [2.75, 3.05) is 14.1 Å². The van der Waals surface area contributed by atoms with Crippen LogP contribution in [0.4, 0.5) is 0 Å². The summed E-state index contributed by atoms with van der Waals surface area (Å²) in [7, 11) is 10.6. The molecule has 3 unspecified atom stereocenters. The van der Waals surface area contributed by atoms with Gasteiger partial charge in [0.25, 0.3) is 0 Å². The molecule has 1 heterocycles. The molecule has 1 rings (SSSR count). The van der Waals surface area contributed by atoms with E-state index in [4.69, 9.17) is 7.85 Å². The second-order valence-corrected chi connectivity index (χ2v) is 5.61. The highest BCUT2D eigenvalue weighted by Crippen LogP contribution is 2.45. The average molecular weight is 234 g/mol. The predicted molar refractivity (Wildman–Crippen MR) is 77.0 cm³/mol. The van der Waals surface area contributed by atoms with Gasteiger partial charge in [-0.05, 0) is 18.8 Å². The molecule has 1 aliphatic heterocycles. The number of hydrogen-bond donors (Lipinski definition) is 0. The molecular formula is C14H27BN2.